The highest BCUT2D eigenvalue weighted by Gasteiger charge is 2.20. The minimum Gasteiger partial charge on any atom is -0.298 e. The van der Waals surface area contributed by atoms with Crippen LogP contribution in [0, 0.1) is 17.0 Å². The van der Waals surface area contributed by atoms with Crippen LogP contribution in [0.4, 0.5) is 8.78 Å². The van der Waals surface area contributed by atoms with Gasteiger partial charge in [0.2, 0.25) is 0 Å². The van der Waals surface area contributed by atoms with E-state index in [1.807, 2.05) is 20.8 Å². The Morgan fingerprint density at radius 2 is 1.88 bits per heavy atom. The fourth-order valence-corrected chi connectivity index (χ4v) is 2.01. The van der Waals surface area contributed by atoms with Crippen molar-refractivity contribution < 1.29 is 13.6 Å². The normalized spacial score (nSPS) is 11.6. The van der Waals surface area contributed by atoms with Crippen molar-refractivity contribution in [2.24, 2.45) is 5.41 Å². The summed E-state index contributed by atoms with van der Waals surface area (Å²) in [6.45, 7) is 5.50. The van der Waals surface area contributed by atoms with Crippen LogP contribution in [0.2, 0.25) is 0 Å². The zero-order valence-electron chi connectivity index (χ0n) is 9.51. The summed E-state index contributed by atoms with van der Waals surface area (Å²) in [5, 5.41) is 0. The van der Waals surface area contributed by atoms with Gasteiger partial charge >= 0.3 is 0 Å². The molecule has 0 saturated carbocycles. The van der Waals surface area contributed by atoms with Gasteiger partial charge in [0.15, 0.2) is 11.6 Å². The molecule has 0 aromatic heterocycles. The van der Waals surface area contributed by atoms with E-state index in [2.05, 4.69) is 0 Å². The standard InChI is InChI=1S/C12H14F2OS/c1-12(2,3)11(15)7-16-8-4-5-9(13)10(14)6-8/h4-6H,7H2,1-3H3. The largest absolute Gasteiger partial charge is 0.298 e. The van der Waals surface area contributed by atoms with Crippen LogP contribution in [0.1, 0.15) is 20.8 Å². The van der Waals surface area contributed by atoms with Gasteiger partial charge in [-0.05, 0) is 18.2 Å². The van der Waals surface area contributed by atoms with Gasteiger partial charge in [-0.2, -0.15) is 0 Å². The van der Waals surface area contributed by atoms with E-state index in [0.29, 0.717) is 4.90 Å². The van der Waals surface area contributed by atoms with Gasteiger partial charge in [0.1, 0.15) is 5.78 Å². The van der Waals surface area contributed by atoms with E-state index in [9.17, 15) is 13.6 Å². The van der Waals surface area contributed by atoms with E-state index in [4.69, 9.17) is 0 Å². The van der Waals surface area contributed by atoms with Gasteiger partial charge in [0.05, 0.1) is 5.75 Å². The smallest absolute Gasteiger partial charge is 0.159 e. The first-order valence-corrected chi connectivity index (χ1v) is 5.90. The van der Waals surface area contributed by atoms with Crippen molar-refractivity contribution in [2.75, 3.05) is 5.75 Å². The van der Waals surface area contributed by atoms with E-state index >= 15 is 0 Å². The predicted molar refractivity (Wildman–Crippen MR) is 61.5 cm³/mol. The third-order valence-corrected chi connectivity index (χ3v) is 3.09. The lowest BCUT2D eigenvalue weighted by Crippen LogP contribution is -2.21. The lowest BCUT2D eigenvalue weighted by atomic mass is 9.92. The average molecular weight is 244 g/mol. The summed E-state index contributed by atoms with van der Waals surface area (Å²) in [5.74, 6) is -1.39. The lowest BCUT2D eigenvalue weighted by Gasteiger charge is -2.15. The number of hydrogen-bond donors (Lipinski definition) is 0. The van der Waals surface area contributed by atoms with Crippen molar-refractivity contribution in [2.45, 2.75) is 25.7 Å². The second kappa shape index (κ2) is 4.95. The first-order valence-electron chi connectivity index (χ1n) is 4.92. The summed E-state index contributed by atoms with van der Waals surface area (Å²) >= 11 is 1.22. The summed E-state index contributed by atoms with van der Waals surface area (Å²) < 4.78 is 25.5. The molecule has 0 radical (unpaired) electrons. The van der Waals surface area contributed by atoms with Gasteiger partial charge in [0.25, 0.3) is 0 Å². The Hall–Kier alpha value is -0.900. The summed E-state index contributed by atoms with van der Waals surface area (Å²) in [5.41, 5.74) is -0.397. The summed E-state index contributed by atoms with van der Waals surface area (Å²) in [4.78, 5) is 12.2. The molecule has 0 amide bonds. The van der Waals surface area contributed by atoms with Crippen molar-refractivity contribution in [1.29, 1.82) is 0 Å². The van der Waals surface area contributed by atoms with Crippen molar-refractivity contribution >= 4 is 17.5 Å². The molecule has 0 unspecified atom stereocenters. The number of thioether (sulfide) groups is 1. The molecule has 4 heteroatoms. The Morgan fingerprint density at radius 1 is 1.25 bits per heavy atom. The fraction of sp³-hybridized carbons (Fsp3) is 0.417. The molecule has 1 aromatic carbocycles. The molecule has 0 aliphatic carbocycles. The Bertz CT molecular complexity index is 396. The SMILES string of the molecule is CC(C)(C)C(=O)CSc1ccc(F)c(F)c1. The Morgan fingerprint density at radius 3 is 2.38 bits per heavy atom. The zero-order chi connectivity index (χ0) is 12.3. The van der Waals surface area contributed by atoms with Gasteiger partial charge in [-0.15, -0.1) is 11.8 Å². The van der Waals surface area contributed by atoms with E-state index in [1.165, 1.54) is 17.8 Å². The molecule has 0 spiro atoms. The highest BCUT2D eigenvalue weighted by Crippen LogP contribution is 2.24. The quantitative estimate of drug-likeness (QED) is 0.755. The first-order chi connectivity index (χ1) is 7.30. The molecule has 0 aliphatic heterocycles. The lowest BCUT2D eigenvalue weighted by molar-refractivity contribution is -0.123. The number of carbonyl (C=O) groups is 1. The number of halogens is 2. The van der Waals surface area contributed by atoms with Gasteiger partial charge in [-0.25, -0.2) is 8.78 Å². The van der Waals surface area contributed by atoms with E-state index in [0.717, 1.165) is 12.1 Å². The molecule has 1 aromatic rings. The van der Waals surface area contributed by atoms with Gasteiger partial charge in [0, 0.05) is 10.3 Å². The topological polar surface area (TPSA) is 17.1 Å². The van der Waals surface area contributed by atoms with E-state index in [1.54, 1.807) is 0 Å². The van der Waals surface area contributed by atoms with Crippen molar-refractivity contribution in [1.82, 2.24) is 0 Å². The Labute approximate surface area is 98.2 Å². The van der Waals surface area contributed by atoms with Crippen LogP contribution in [0.5, 0.6) is 0 Å². The number of Topliss-reactive ketones (excluding diaryl/α,β-unsaturated/α-hetero) is 1. The van der Waals surface area contributed by atoms with E-state index in [-0.39, 0.29) is 11.5 Å². The van der Waals surface area contributed by atoms with Crippen molar-refractivity contribution in [3.05, 3.63) is 29.8 Å². The maximum atomic E-state index is 12.9. The number of benzene rings is 1. The van der Waals surface area contributed by atoms with Crippen LogP contribution in [0.25, 0.3) is 0 Å². The molecule has 1 rings (SSSR count). The Balaban J connectivity index is 2.62. The summed E-state index contributed by atoms with van der Waals surface area (Å²) in [6.07, 6.45) is 0. The minimum absolute atomic E-state index is 0.0854. The molecular weight excluding hydrogens is 230 g/mol. The highest BCUT2D eigenvalue weighted by atomic mass is 32.2. The summed E-state index contributed by atoms with van der Waals surface area (Å²) in [7, 11) is 0. The third kappa shape index (κ3) is 3.59. The summed E-state index contributed by atoms with van der Waals surface area (Å²) in [6, 6.07) is 3.65. The molecule has 0 saturated heterocycles. The van der Waals surface area contributed by atoms with Crippen LogP contribution in [-0.4, -0.2) is 11.5 Å². The van der Waals surface area contributed by atoms with Gasteiger partial charge in [-0.1, -0.05) is 20.8 Å². The van der Waals surface area contributed by atoms with Crippen LogP contribution in [0.3, 0.4) is 0 Å². The number of rotatable bonds is 3. The first kappa shape index (κ1) is 13.2. The molecule has 0 heterocycles. The zero-order valence-corrected chi connectivity index (χ0v) is 10.3. The predicted octanol–water partition coefficient (Wildman–Crippen LogP) is 3.67. The molecule has 0 atom stereocenters. The van der Waals surface area contributed by atoms with Crippen LogP contribution >= 0.6 is 11.8 Å². The van der Waals surface area contributed by atoms with Crippen molar-refractivity contribution in [3.63, 3.8) is 0 Å². The fourth-order valence-electron chi connectivity index (χ4n) is 0.932. The second-order valence-electron chi connectivity index (χ2n) is 4.54. The molecule has 0 fully saturated rings. The number of ketones is 1. The third-order valence-electron chi connectivity index (χ3n) is 2.10. The molecule has 0 aliphatic rings. The number of hydrogen-bond acceptors (Lipinski definition) is 2. The maximum Gasteiger partial charge on any atom is 0.159 e. The van der Waals surface area contributed by atoms with E-state index < -0.39 is 17.0 Å². The molecule has 0 N–H and O–H groups in total. The molecule has 1 nitrogen and oxygen atoms in total. The number of carbonyl (C=O) groups excluding carboxylic acids is 1. The van der Waals surface area contributed by atoms with Crippen LogP contribution in [0.15, 0.2) is 23.1 Å². The maximum absolute atomic E-state index is 12.9. The average Bonchev–Trinajstić information content (AvgIpc) is 2.18. The minimum atomic E-state index is -0.881. The Kier molecular flexibility index (Phi) is 4.08. The van der Waals surface area contributed by atoms with Crippen LogP contribution in [-0.2, 0) is 4.79 Å². The van der Waals surface area contributed by atoms with Crippen molar-refractivity contribution in [3.8, 4) is 0 Å². The second-order valence-corrected chi connectivity index (χ2v) is 5.59. The van der Waals surface area contributed by atoms with Gasteiger partial charge in [-0.3, -0.25) is 4.79 Å². The molecule has 88 valence electrons. The monoisotopic (exact) mass is 244 g/mol. The molecular formula is C12H14F2OS. The molecule has 0 bridgehead atoms. The van der Waals surface area contributed by atoms with Gasteiger partial charge < -0.3 is 0 Å². The highest BCUT2D eigenvalue weighted by molar-refractivity contribution is 8.00. The molecule has 16 heavy (non-hydrogen) atoms. The van der Waals surface area contributed by atoms with Crippen LogP contribution < -0.4 is 0 Å².